The van der Waals surface area contributed by atoms with Gasteiger partial charge in [-0.05, 0) is 18.1 Å². The summed E-state index contributed by atoms with van der Waals surface area (Å²) in [5, 5.41) is 0.286. The van der Waals surface area contributed by atoms with Crippen LogP contribution in [0.3, 0.4) is 0 Å². The molecule has 2 rings (SSSR count). The average Bonchev–Trinajstić information content (AvgIpc) is 2.17. The molecule has 0 fully saturated rings. The van der Waals surface area contributed by atoms with E-state index in [9.17, 15) is 9.59 Å². The molecule has 15 heavy (non-hydrogen) atoms. The first-order chi connectivity index (χ1) is 7.11. The Balaban J connectivity index is 2.67. The molecule has 0 radical (unpaired) electrons. The summed E-state index contributed by atoms with van der Waals surface area (Å²) in [4.78, 5) is 22.9. The van der Waals surface area contributed by atoms with E-state index in [-0.39, 0.29) is 28.6 Å². The molecule has 1 aliphatic rings. The highest BCUT2D eigenvalue weighted by atomic mass is 35.5. The molecule has 76 valence electrons. The Hall–Kier alpha value is -1.41. The van der Waals surface area contributed by atoms with Gasteiger partial charge in [-0.3, -0.25) is 9.59 Å². The van der Waals surface area contributed by atoms with Gasteiger partial charge in [0.2, 0.25) is 0 Å². The lowest BCUT2D eigenvalue weighted by Crippen LogP contribution is -2.18. The van der Waals surface area contributed by atoms with E-state index in [2.05, 4.69) is 0 Å². The third-order valence-electron chi connectivity index (χ3n) is 2.46. The Morgan fingerprint density at radius 2 is 2.00 bits per heavy atom. The van der Waals surface area contributed by atoms with Crippen molar-refractivity contribution in [1.29, 1.82) is 0 Å². The number of ketones is 2. The van der Waals surface area contributed by atoms with Crippen molar-refractivity contribution in [3.63, 3.8) is 0 Å². The highest BCUT2D eigenvalue weighted by Gasteiger charge is 2.26. The number of allylic oxidation sites excluding steroid dienone is 1. The zero-order chi connectivity index (χ0) is 11.0. The topological polar surface area (TPSA) is 34.1 Å². The number of rotatable bonds is 1. The first-order valence-electron chi connectivity index (χ1n) is 4.63. The van der Waals surface area contributed by atoms with Crippen molar-refractivity contribution >= 4 is 28.2 Å². The van der Waals surface area contributed by atoms with Gasteiger partial charge in [0.1, 0.15) is 0 Å². The molecule has 0 saturated carbocycles. The molecule has 0 heterocycles. The van der Waals surface area contributed by atoms with Gasteiger partial charge in [-0.2, -0.15) is 0 Å². The summed E-state index contributed by atoms with van der Waals surface area (Å²) in [5.41, 5.74) is 1.82. The Morgan fingerprint density at radius 3 is 2.67 bits per heavy atom. The minimum Gasteiger partial charge on any atom is -0.294 e. The van der Waals surface area contributed by atoms with Crippen molar-refractivity contribution < 1.29 is 9.59 Å². The second-order valence-electron chi connectivity index (χ2n) is 3.50. The number of hydrogen-bond donors (Lipinski definition) is 0. The van der Waals surface area contributed by atoms with E-state index in [1.807, 2.05) is 24.3 Å². The van der Waals surface area contributed by atoms with Gasteiger partial charge in [-0.1, -0.05) is 35.9 Å². The van der Waals surface area contributed by atoms with E-state index in [0.29, 0.717) is 0 Å². The molecular weight excluding hydrogens is 212 g/mol. The normalized spacial score (nSPS) is 15.2. The highest BCUT2D eigenvalue weighted by Crippen LogP contribution is 2.32. The van der Waals surface area contributed by atoms with Crippen LogP contribution in [-0.4, -0.2) is 11.6 Å². The number of benzene rings is 1. The minimum atomic E-state index is -0.264. The van der Waals surface area contributed by atoms with Gasteiger partial charge in [0.15, 0.2) is 11.6 Å². The molecule has 1 aliphatic carbocycles. The van der Waals surface area contributed by atoms with Crippen molar-refractivity contribution in [2.24, 2.45) is 0 Å². The number of halogens is 1. The van der Waals surface area contributed by atoms with Crippen LogP contribution in [0.4, 0.5) is 0 Å². The van der Waals surface area contributed by atoms with E-state index in [0.717, 1.165) is 11.1 Å². The van der Waals surface area contributed by atoms with Crippen LogP contribution in [0.15, 0.2) is 29.8 Å². The number of hydrogen-bond acceptors (Lipinski definition) is 2. The largest absolute Gasteiger partial charge is 0.294 e. The molecule has 0 saturated heterocycles. The Kier molecular flexibility index (Phi) is 2.45. The lowest BCUT2D eigenvalue weighted by molar-refractivity contribution is -0.120. The molecule has 0 atom stereocenters. The molecule has 0 aromatic heterocycles. The smallest absolute Gasteiger partial charge is 0.172 e. The summed E-state index contributed by atoms with van der Waals surface area (Å²) in [7, 11) is 0. The van der Waals surface area contributed by atoms with Crippen LogP contribution >= 0.6 is 11.6 Å². The fourth-order valence-corrected chi connectivity index (χ4v) is 2.18. The Morgan fingerprint density at radius 1 is 1.33 bits per heavy atom. The summed E-state index contributed by atoms with van der Waals surface area (Å²) in [5.74, 6) is -0.453. The minimum absolute atomic E-state index is 0.135. The summed E-state index contributed by atoms with van der Waals surface area (Å²) in [6.07, 6.45) is 0.265. The van der Waals surface area contributed by atoms with Gasteiger partial charge in [-0.15, -0.1) is 0 Å². The summed E-state index contributed by atoms with van der Waals surface area (Å²) in [6.45, 7) is 1.36. The van der Waals surface area contributed by atoms with E-state index >= 15 is 0 Å². The van der Waals surface area contributed by atoms with Crippen LogP contribution < -0.4 is 0 Å². The fraction of sp³-hybridized carbons (Fsp3) is 0.167. The van der Waals surface area contributed by atoms with Gasteiger partial charge >= 0.3 is 0 Å². The highest BCUT2D eigenvalue weighted by molar-refractivity contribution is 6.55. The zero-order valence-electron chi connectivity index (χ0n) is 8.21. The van der Waals surface area contributed by atoms with Crippen molar-refractivity contribution in [3.05, 3.63) is 41.0 Å². The van der Waals surface area contributed by atoms with E-state index < -0.39 is 0 Å². The van der Waals surface area contributed by atoms with Crippen molar-refractivity contribution in [1.82, 2.24) is 0 Å². The van der Waals surface area contributed by atoms with Crippen LogP contribution in [0, 0.1) is 0 Å². The molecule has 0 N–H and O–H groups in total. The summed E-state index contributed by atoms with van der Waals surface area (Å²) in [6, 6.07) is 7.38. The number of Topliss-reactive ketones (excluding diaryl/α,β-unsaturated/α-hetero) is 2. The lowest BCUT2D eigenvalue weighted by Gasteiger charge is -2.16. The van der Waals surface area contributed by atoms with Gasteiger partial charge in [0, 0.05) is 6.42 Å². The van der Waals surface area contributed by atoms with Crippen LogP contribution in [-0.2, 0) is 16.0 Å². The maximum atomic E-state index is 11.6. The maximum absolute atomic E-state index is 11.6. The van der Waals surface area contributed by atoms with Crippen LogP contribution in [0.25, 0.3) is 5.03 Å². The molecule has 0 aliphatic heterocycles. The second-order valence-corrected chi connectivity index (χ2v) is 3.88. The predicted molar refractivity (Wildman–Crippen MR) is 58.6 cm³/mol. The third-order valence-corrected chi connectivity index (χ3v) is 2.85. The molecule has 1 aromatic carbocycles. The van der Waals surface area contributed by atoms with E-state index in [4.69, 9.17) is 11.6 Å². The fourth-order valence-electron chi connectivity index (χ4n) is 1.76. The van der Waals surface area contributed by atoms with Gasteiger partial charge in [0.05, 0.1) is 10.6 Å². The molecular formula is C12H9ClO2. The molecule has 0 amide bonds. The molecule has 2 nitrogen and oxygen atoms in total. The molecule has 0 spiro atoms. The predicted octanol–water partition coefficient (Wildman–Crippen LogP) is 2.35. The number of carbonyl (C=O) groups excluding carboxylic acids is 2. The molecule has 1 aromatic rings. The zero-order valence-corrected chi connectivity index (χ0v) is 8.97. The number of fused-ring (bicyclic) bond motifs is 1. The molecule has 0 unspecified atom stereocenters. The number of carbonyl (C=O) groups is 2. The third kappa shape index (κ3) is 1.61. The quantitative estimate of drug-likeness (QED) is 0.681. The van der Waals surface area contributed by atoms with Crippen molar-refractivity contribution in [2.45, 2.75) is 13.3 Å². The van der Waals surface area contributed by atoms with Crippen LogP contribution in [0.5, 0.6) is 0 Å². The molecule has 3 heteroatoms. The Bertz CT molecular complexity index is 486. The Labute approximate surface area is 92.6 Å². The van der Waals surface area contributed by atoms with Crippen LogP contribution in [0.2, 0.25) is 0 Å². The van der Waals surface area contributed by atoms with Crippen molar-refractivity contribution in [3.8, 4) is 0 Å². The van der Waals surface area contributed by atoms with E-state index in [1.165, 1.54) is 6.92 Å². The van der Waals surface area contributed by atoms with Crippen LogP contribution in [0.1, 0.15) is 18.1 Å². The van der Waals surface area contributed by atoms with Gasteiger partial charge in [0.25, 0.3) is 0 Å². The summed E-state index contributed by atoms with van der Waals surface area (Å²) < 4.78 is 0. The van der Waals surface area contributed by atoms with Crippen molar-refractivity contribution in [2.75, 3.05) is 0 Å². The first kappa shape index (κ1) is 10.1. The van der Waals surface area contributed by atoms with Gasteiger partial charge < -0.3 is 0 Å². The molecule has 0 bridgehead atoms. The van der Waals surface area contributed by atoms with Gasteiger partial charge in [-0.25, -0.2) is 0 Å². The average molecular weight is 221 g/mol. The SMILES string of the molecule is CC(=O)C1=C(Cl)c2ccccc2CC1=O. The summed E-state index contributed by atoms with van der Waals surface area (Å²) >= 11 is 6.04. The standard InChI is InChI=1S/C12H9ClO2/c1-7(14)11-10(15)6-8-4-2-3-5-9(8)12(11)13/h2-5H,6H2,1H3. The first-order valence-corrected chi connectivity index (χ1v) is 5.01. The lowest BCUT2D eigenvalue weighted by atomic mass is 9.89. The van der Waals surface area contributed by atoms with E-state index in [1.54, 1.807) is 0 Å². The monoisotopic (exact) mass is 220 g/mol. The maximum Gasteiger partial charge on any atom is 0.172 e. The second kappa shape index (κ2) is 3.63.